The Morgan fingerprint density at radius 2 is 1.72 bits per heavy atom. The number of nitrogens with one attached hydrogen (secondary N) is 3. The van der Waals surface area contributed by atoms with Gasteiger partial charge in [-0.05, 0) is 57.9 Å². The van der Waals surface area contributed by atoms with Crippen molar-refractivity contribution in [2.24, 2.45) is 4.99 Å². The average molecular weight is 517 g/mol. The highest BCUT2D eigenvalue weighted by Crippen LogP contribution is 2.23. The Morgan fingerprint density at radius 3 is 2.28 bits per heavy atom. The van der Waals surface area contributed by atoms with Gasteiger partial charge in [-0.15, -0.1) is 24.0 Å². The first kappa shape index (κ1) is 26.2. The van der Waals surface area contributed by atoms with Crippen molar-refractivity contribution in [3.05, 3.63) is 35.9 Å². The molecule has 0 heterocycles. The second-order valence-electron chi connectivity index (χ2n) is 8.11. The molecule has 166 valence electrons. The van der Waals surface area contributed by atoms with E-state index in [-0.39, 0.29) is 41.7 Å². The molecule has 0 aliphatic heterocycles. The molecule has 1 aliphatic carbocycles. The van der Waals surface area contributed by atoms with Crippen molar-refractivity contribution in [3.63, 3.8) is 0 Å². The van der Waals surface area contributed by atoms with E-state index in [2.05, 4.69) is 74.0 Å². The number of halogens is 1. The highest BCUT2D eigenvalue weighted by atomic mass is 127. The van der Waals surface area contributed by atoms with Crippen molar-refractivity contribution in [1.29, 1.82) is 0 Å². The largest absolute Gasteiger partial charge is 0.393 e. The topological polar surface area (TPSA) is 68.7 Å². The van der Waals surface area contributed by atoms with E-state index in [4.69, 9.17) is 4.99 Å². The molecule has 29 heavy (non-hydrogen) atoms. The highest BCUT2D eigenvalue weighted by Gasteiger charge is 2.28. The molecule has 2 rings (SSSR count). The van der Waals surface area contributed by atoms with E-state index >= 15 is 0 Å². The Bertz CT molecular complexity index is 584. The highest BCUT2D eigenvalue weighted by molar-refractivity contribution is 14.0. The number of nitrogens with zero attached hydrogens (tertiary/aromatic N) is 1. The molecular formula is C23H41IN4O. The predicted molar refractivity (Wildman–Crippen MR) is 134 cm³/mol. The van der Waals surface area contributed by atoms with Crippen LogP contribution in [0, 0.1) is 0 Å². The molecule has 1 saturated carbocycles. The summed E-state index contributed by atoms with van der Waals surface area (Å²) < 4.78 is 0. The van der Waals surface area contributed by atoms with E-state index in [1.807, 2.05) is 0 Å². The lowest BCUT2D eigenvalue weighted by Crippen LogP contribution is -2.50. The predicted octanol–water partition coefficient (Wildman–Crippen LogP) is 4.37. The molecule has 6 heteroatoms. The van der Waals surface area contributed by atoms with E-state index < -0.39 is 0 Å². The summed E-state index contributed by atoms with van der Waals surface area (Å²) >= 11 is 0. The molecule has 1 unspecified atom stereocenters. The Hall–Kier alpha value is -0.860. The molecule has 1 aromatic rings. The third-order valence-electron chi connectivity index (χ3n) is 6.10. The van der Waals surface area contributed by atoms with Crippen LogP contribution in [0.1, 0.15) is 77.8 Å². The standard InChI is InChI=1S/C23H40N4O.HI/c1-5-23(6-2,27-18(4)19-11-9-8-10-12-19)17-25-22(24-7-3)26-20-13-15-21(28)16-14-20;/h8-12,18,20-21,27-28H,5-7,13-17H2,1-4H3,(H2,24,25,26);1H. The minimum Gasteiger partial charge on any atom is -0.393 e. The van der Waals surface area contributed by atoms with E-state index in [9.17, 15) is 5.11 Å². The number of hydrogen-bond donors (Lipinski definition) is 4. The summed E-state index contributed by atoms with van der Waals surface area (Å²) in [6, 6.07) is 11.3. The number of benzene rings is 1. The van der Waals surface area contributed by atoms with Crippen molar-refractivity contribution in [2.45, 2.75) is 89.9 Å². The maximum atomic E-state index is 9.73. The Morgan fingerprint density at radius 1 is 1.10 bits per heavy atom. The fraction of sp³-hybridized carbons (Fsp3) is 0.696. The molecule has 0 aromatic heterocycles. The third kappa shape index (κ3) is 8.42. The van der Waals surface area contributed by atoms with Gasteiger partial charge < -0.3 is 21.1 Å². The van der Waals surface area contributed by atoms with Gasteiger partial charge in [0, 0.05) is 24.2 Å². The maximum absolute atomic E-state index is 9.73. The lowest BCUT2D eigenvalue weighted by Gasteiger charge is -2.35. The van der Waals surface area contributed by atoms with Gasteiger partial charge in [0.15, 0.2) is 5.96 Å². The number of aliphatic hydroxyl groups is 1. The fourth-order valence-electron chi connectivity index (χ4n) is 3.97. The second kappa shape index (κ2) is 13.4. The van der Waals surface area contributed by atoms with Gasteiger partial charge in [0.25, 0.3) is 0 Å². The summed E-state index contributed by atoms with van der Waals surface area (Å²) in [5, 5.41) is 20.6. The van der Waals surface area contributed by atoms with Gasteiger partial charge >= 0.3 is 0 Å². The number of aliphatic hydroxyl groups excluding tert-OH is 1. The molecule has 0 bridgehead atoms. The summed E-state index contributed by atoms with van der Waals surface area (Å²) in [7, 11) is 0. The maximum Gasteiger partial charge on any atom is 0.191 e. The van der Waals surface area contributed by atoms with Crippen LogP contribution in [-0.2, 0) is 0 Å². The molecule has 5 nitrogen and oxygen atoms in total. The minimum absolute atomic E-state index is 0. The zero-order chi connectivity index (χ0) is 20.4. The lowest BCUT2D eigenvalue weighted by molar-refractivity contribution is 0.120. The minimum atomic E-state index is -0.130. The second-order valence-corrected chi connectivity index (χ2v) is 8.11. The molecule has 0 radical (unpaired) electrons. The molecule has 1 atom stereocenters. The van der Waals surface area contributed by atoms with Crippen LogP contribution in [0.3, 0.4) is 0 Å². The Balaban J connectivity index is 0.00000420. The van der Waals surface area contributed by atoms with Crippen LogP contribution in [-0.4, -0.2) is 41.8 Å². The van der Waals surface area contributed by atoms with Gasteiger partial charge in [-0.1, -0.05) is 44.2 Å². The quantitative estimate of drug-likeness (QED) is 0.224. The first-order valence-electron chi connectivity index (χ1n) is 11.1. The van der Waals surface area contributed by atoms with Crippen LogP contribution in [0.25, 0.3) is 0 Å². The first-order chi connectivity index (χ1) is 13.5. The van der Waals surface area contributed by atoms with Gasteiger partial charge in [0.05, 0.1) is 12.6 Å². The van der Waals surface area contributed by atoms with Crippen LogP contribution in [0.2, 0.25) is 0 Å². The molecule has 0 saturated heterocycles. The van der Waals surface area contributed by atoms with Gasteiger partial charge in [0.2, 0.25) is 0 Å². The van der Waals surface area contributed by atoms with Crippen LogP contribution in [0.15, 0.2) is 35.3 Å². The summed E-state index contributed by atoms with van der Waals surface area (Å²) in [5.41, 5.74) is 1.28. The van der Waals surface area contributed by atoms with Crippen molar-refractivity contribution >= 4 is 29.9 Å². The number of guanidine groups is 1. The summed E-state index contributed by atoms with van der Waals surface area (Å²) in [5.74, 6) is 0.893. The monoisotopic (exact) mass is 516 g/mol. The molecule has 0 amide bonds. The van der Waals surface area contributed by atoms with Crippen LogP contribution in [0.4, 0.5) is 0 Å². The molecule has 4 N–H and O–H groups in total. The van der Waals surface area contributed by atoms with E-state index in [0.29, 0.717) is 6.04 Å². The van der Waals surface area contributed by atoms with Gasteiger partial charge in [0.1, 0.15) is 0 Å². The van der Waals surface area contributed by atoms with Gasteiger partial charge in [-0.3, -0.25) is 4.99 Å². The molecule has 1 fully saturated rings. The van der Waals surface area contributed by atoms with Crippen LogP contribution in [0.5, 0.6) is 0 Å². The normalized spacial score (nSPS) is 21.2. The van der Waals surface area contributed by atoms with Crippen molar-refractivity contribution in [3.8, 4) is 0 Å². The summed E-state index contributed by atoms with van der Waals surface area (Å²) in [6.07, 6.45) is 5.68. The third-order valence-corrected chi connectivity index (χ3v) is 6.10. The van der Waals surface area contributed by atoms with Crippen molar-refractivity contribution < 1.29 is 5.11 Å². The van der Waals surface area contributed by atoms with Gasteiger partial charge in [-0.25, -0.2) is 0 Å². The summed E-state index contributed by atoms with van der Waals surface area (Å²) in [4.78, 5) is 4.96. The molecule has 0 spiro atoms. The van der Waals surface area contributed by atoms with Crippen LogP contribution >= 0.6 is 24.0 Å². The van der Waals surface area contributed by atoms with E-state index in [1.54, 1.807) is 0 Å². The molecule has 1 aliphatic rings. The Kier molecular flexibility index (Phi) is 12.1. The number of hydrogen-bond acceptors (Lipinski definition) is 3. The Labute approximate surface area is 194 Å². The number of rotatable bonds is 9. The van der Waals surface area contributed by atoms with E-state index in [0.717, 1.165) is 57.6 Å². The van der Waals surface area contributed by atoms with Crippen molar-refractivity contribution in [2.75, 3.05) is 13.1 Å². The zero-order valence-electron chi connectivity index (χ0n) is 18.6. The first-order valence-corrected chi connectivity index (χ1v) is 11.1. The zero-order valence-corrected chi connectivity index (χ0v) is 20.9. The SMILES string of the molecule is CCNC(=NCC(CC)(CC)NC(C)c1ccccc1)NC1CCC(O)CC1.I. The van der Waals surface area contributed by atoms with Crippen LogP contribution < -0.4 is 16.0 Å². The summed E-state index contributed by atoms with van der Waals surface area (Å²) in [6.45, 7) is 10.4. The smallest absolute Gasteiger partial charge is 0.191 e. The molecular weight excluding hydrogens is 475 g/mol. The molecule has 1 aromatic carbocycles. The van der Waals surface area contributed by atoms with E-state index in [1.165, 1.54) is 5.56 Å². The lowest BCUT2D eigenvalue weighted by atomic mass is 9.90. The van der Waals surface area contributed by atoms with Gasteiger partial charge in [-0.2, -0.15) is 0 Å². The number of aliphatic imine (C=N–C) groups is 1. The fourth-order valence-corrected chi connectivity index (χ4v) is 3.97. The average Bonchev–Trinajstić information content (AvgIpc) is 2.73. The van der Waals surface area contributed by atoms with Crippen molar-refractivity contribution in [1.82, 2.24) is 16.0 Å².